The molecular formula is C23H34N6O3. The third-order valence-corrected chi connectivity index (χ3v) is 5.90. The van der Waals surface area contributed by atoms with Gasteiger partial charge < -0.3 is 29.7 Å². The monoisotopic (exact) mass is 442 g/mol. The van der Waals surface area contributed by atoms with Crippen LogP contribution in [0.5, 0.6) is 11.5 Å². The molecule has 0 saturated carbocycles. The minimum absolute atomic E-state index is 0.476. The van der Waals surface area contributed by atoms with Crippen LogP contribution in [0.3, 0.4) is 0 Å². The quantitative estimate of drug-likeness (QED) is 0.510. The summed E-state index contributed by atoms with van der Waals surface area (Å²) in [5.41, 5.74) is 0.931. The number of methoxy groups -OCH3 is 1. The molecule has 0 spiro atoms. The van der Waals surface area contributed by atoms with E-state index in [2.05, 4.69) is 30.5 Å². The smallest absolute Gasteiger partial charge is 0.179 e. The topological polar surface area (TPSA) is 93.7 Å². The van der Waals surface area contributed by atoms with Gasteiger partial charge >= 0.3 is 0 Å². The molecule has 0 bridgehead atoms. The summed E-state index contributed by atoms with van der Waals surface area (Å²) >= 11 is 0. The van der Waals surface area contributed by atoms with Crippen molar-refractivity contribution in [3.05, 3.63) is 30.4 Å². The van der Waals surface area contributed by atoms with Crippen molar-refractivity contribution >= 4 is 11.6 Å². The van der Waals surface area contributed by atoms with Crippen molar-refractivity contribution in [1.82, 2.24) is 25.2 Å². The number of hydrogen-bond acceptors (Lipinski definition) is 9. The van der Waals surface area contributed by atoms with Crippen LogP contribution >= 0.6 is 0 Å². The Labute approximate surface area is 189 Å². The van der Waals surface area contributed by atoms with Crippen LogP contribution in [0.25, 0.3) is 0 Å². The van der Waals surface area contributed by atoms with Crippen LogP contribution in [0.15, 0.2) is 24.7 Å². The summed E-state index contributed by atoms with van der Waals surface area (Å²) < 4.78 is 16.8. The summed E-state index contributed by atoms with van der Waals surface area (Å²) in [7, 11) is 1.63. The van der Waals surface area contributed by atoms with Crippen LogP contribution in [0.4, 0.5) is 11.6 Å². The first-order valence-electron chi connectivity index (χ1n) is 11.6. The number of hydrogen-bond donors (Lipinski definition) is 2. The molecule has 0 amide bonds. The van der Waals surface area contributed by atoms with E-state index in [-0.39, 0.29) is 0 Å². The van der Waals surface area contributed by atoms with Gasteiger partial charge in [-0.15, -0.1) is 0 Å². The van der Waals surface area contributed by atoms with Gasteiger partial charge in [0.2, 0.25) is 0 Å². The Bertz CT molecular complexity index is 840. The lowest BCUT2D eigenvalue weighted by molar-refractivity contribution is 0.0775. The minimum Gasteiger partial charge on any atom is -0.491 e. The van der Waals surface area contributed by atoms with Crippen LogP contribution in [0, 0.1) is 0 Å². The predicted molar refractivity (Wildman–Crippen MR) is 123 cm³/mol. The number of nitrogens with one attached hydrogen (secondary N) is 2. The van der Waals surface area contributed by atoms with E-state index < -0.39 is 0 Å². The van der Waals surface area contributed by atoms with E-state index >= 15 is 0 Å². The molecule has 2 fully saturated rings. The molecule has 0 aromatic carbocycles. The summed E-state index contributed by atoms with van der Waals surface area (Å²) in [6, 6.07) is 4.27. The maximum Gasteiger partial charge on any atom is 0.179 e. The van der Waals surface area contributed by atoms with E-state index in [0.29, 0.717) is 42.3 Å². The highest BCUT2D eigenvalue weighted by molar-refractivity contribution is 5.56. The van der Waals surface area contributed by atoms with Gasteiger partial charge in [0.05, 0.1) is 25.6 Å². The summed E-state index contributed by atoms with van der Waals surface area (Å²) in [6.45, 7) is 6.47. The average Bonchev–Trinajstić information content (AvgIpc) is 3.35. The van der Waals surface area contributed by atoms with Crippen LogP contribution in [-0.2, 0) is 11.3 Å². The molecule has 2 saturated heterocycles. The summed E-state index contributed by atoms with van der Waals surface area (Å²) in [6.07, 6.45) is 8.92. The number of nitrogens with zero attached hydrogens (tertiary/aromatic N) is 4. The lowest BCUT2D eigenvalue weighted by atomic mass is 10.1. The lowest BCUT2D eigenvalue weighted by Crippen LogP contribution is -2.34. The van der Waals surface area contributed by atoms with Gasteiger partial charge in [-0.1, -0.05) is 0 Å². The number of ether oxygens (including phenoxy) is 3. The first-order valence-corrected chi connectivity index (χ1v) is 11.6. The van der Waals surface area contributed by atoms with E-state index in [9.17, 15) is 0 Å². The molecule has 0 atom stereocenters. The fourth-order valence-corrected chi connectivity index (χ4v) is 4.08. The van der Waals surface area contributed by atoms with Gasteiger partial charge in [-0.3, -0.25) is 0 Å². The largest absolute Gasteiger partial charge is 0.491 e. The van der Waals surface area contributed by atoms with Gasteiger partial charge in [-0.05, 0) is 45.2 Å². The van der Waals surface area contributed by atoms with Gasteiger partial charge in [-0.2, -0.15) is 0 Å². The fourth-order valence-electron chi connectivity index (χ4n) is 4.08. The number of likely N-dealkylation sites (tertiary alicyclic amines) is 1. The second-order valence-corrected chi connectivity index (χ2v) is 8.26. The van der Waals surface area contributed by atoms with Crippen LogP contribution in [-0.4, -0.2) is 72.5 Å². The highest BCUT2D eigenvalue weighted by Crippen LogP contribution is 2.29. The molecule has 4 heterocycles. The van der Waals surface area contributed by atoms with Crippen LogP contribution in [0.1, 0.15) is 37.8 Å². The summed E-state index contributed by atoms with van der Waals surface area (Å²) in [5, 5.41) is 6.80. The Morgan fingerprint density at radius 1 is 1.06 bits per heavy atom. The first-order chi connectivity index (χ1) is 15.8. The zero-order valence-electron chi connectivity index (χ0n) is 18.9. The van der Waals surface area contributed by atoms with Gasteiger partial charge in [-0.25, -0.2) is 15.0 Å². The molecule has 2 aromatic heterocycles. The van der Waals surface area contributed by atoms with Crippen molar-refractivity contribution < 1.29 is 14.2 Å². The predicted octanol–water partition coefficient (Wildman–Crippen LogP) is 2.76. The Morgan fingerprint density at radius 2 is 1.88 bits per heavy atom. The Hall–Kier alpha value is -2.49. The molecule has 2 aliphatic rings. The number of aromatic nitrogens is 3. The standard InChI is InChI=1S/C23H34N6O3/c1-30-21-16-25-23(14-20(21)32-10-4-9-29-7-2-3-8-29)28-22-13-19(26-17-27-22)15-24-18-5-11-31-12-6-18/h13-14,16-18,24H,2-12,15H2,1H3,(H,25,26,27,28). The second kappa shape index (κ2) is 11.9. The molecule has 9 nitrogen and oxygen atoms in total. The fraction of sp³-hybridized carbons (Fsp3) is 0.609. The van der Waals surface area contributed by atoms with Crippen molar-refractivity contribution in [2.45, 2.75) is 44.7 Å². The molecule has 174 valence electrons. The zero-order valence-corrected chi connectivity index (χ0v) is 18.9. The Balaban J connectivity index is 1.31. The minimum atomic E-state index is 0.476. The third kappa shape index (κ3) is 6.75. The number of anilines is 2. The number of pyridine rings is 1. The molecule has 0 aliphatic carbocycles. The van der Waals surface area contributed by atoms with E-state index in [1.807, 2.05) is 12.1 Å². The van der Waals surface area contributed by atoms with Crippen molar-refractivity contribution in [1.29, 1.82) is 0 Å². The molecule has 4 rings (SSSR count). The zero-order chi connectivity index (χ0) is 22.0. The van der Waals surface area contributed by atoms with Crippen molar-refractivity contribution in [2.75, 3.05) is 51.9 Å². The van der Waals surface area contributed by atoms with Gasteiger partial charge in [0.1, 0.15) is 18.0 Å². The molecule has 0 unspecified atom stereocenters. The van der Waals surface area contributed by atoms with Crippen molar-refractivity contribution in [3.8, 4) is 11.5 Å². The molecular weight excluding hydrogens is 408 g/mol. The lowest BCUT2D eigenvalue weighted by Gasteiger charge is -2.23. The molecule has 2 aromatic rings. The summed E-state index contributed by atoms with van der Waals surface area (Å²) in [4.78, 5) is 15.6. The maximum atomic E-state index is 6.01. The van der Waals surface area contributed by atoms with Crippen LogP contribution in [0.2, 0.25) is 0 Å². The van der Waals surface area contributed by atoms with Gasteiger partial charge in [0, 0.05) is 44.5 Å². The SMILES string of the molecule is COc1cnc(Nc2cc(CNC3CCOCC3)ncn2)cc1OCCCN1CCCC1. The molecule has 32 heavy (non-hydrogen) atoms. The maximum absolute atomic E-state index is 6.01. The summed E-state index contributed by atoms with van der Waals surface area (Å²) in [5.74, 6) is 2.66. The molecule has 2 N–H and O–H groups in total. The van der Waals surface area contributed by atoms with E-state index in [0.717, 1.165) is 44.7 Å². The normalized spacial score (nSPS) is 17.4. The third-order valence-electron chi connectivity index (χ3n) is 5.90. The average molecular weight is 443 g/mol. The molecule has 9 heteroatoms. The van der Waals surface area contributed by atoms with Crippen LogP contribution < -0.4 is 20.1 Å². The Kier molecular flexibility index (Phi) is 8.47. The van der Waals surface area contributed by atoms with E-state index in [1.54, 1.807) is 19.6 Å². The van der Waals surface area contributed by atoms with Gasteiger partial charge in [0.15, 0.2) is 11.5 Å². The second-order valence-electron chi connectivity index (χ2n) is 8.26. The van der Waals surface area contributed by atoms with Crippen molar-refractivity contribution in [3.63, 3.8) is 0 Å². The first kappa shape index (κ1) is 22.7. The Morgan fingerprint density at radius 3 is 2.69 bits per heavy atom. The molecule has 2 aliphatic heterocycles. The highest BCUT2D eigenvalue weighted by atomic mass is 16.5. The van der Waals surface area contributed by atoms with Crippen molar-refractivity contribution in [2.24, 2.45) is 0 Å². The van der Waals surface area contributed by atoms with E-state index in [4.69, 9.17) is 14.2 Å². The van der Waals surface area contributed by atoms with Gasteiger partial charge in [0.25, 0.3) is 0 Å². The highest BCUT2D eigenvalue weighted by Gasteiger charge is 2.14. The number of rotatable bonds is 11. The molecule has 0 radical (unpaired) electrons. The van der Waals surface area contributed by atoms with E-state index in [1.165, 1.54) is 25.9 Å².